The van der Waals surface area contributed by atoms with Crippen molar-refractivity contribution >= 4 is 57.2 Å². The van der Waals surface area contributed by atoms with Gasteiger partial charge in [0.05, 0.1) is 17.9 Å². The maximum atomic E-state index is 12.9. The third kappa shape index (κ3) is 4.73. The molecule has 1 fully saturated rings. The molecule has 0 unspecified atom stereocenters. The fourth-order valence-electron chi connectivity index (χ4n) is 3.57. The maximum Gasteiger partial charge on any atom is 0.307 e. The monoisotopic (exact) mass is 450 g/mol. The molecule has 2 heterocycles. The standard InChI is InChI=1S/C24H22N2O3S2/c1-2-29-22(27)12-13-26-23(28)21(31-24(26)30)14-18-16-25(15-17-8-4-3-5-9-17)20-11-7-6-10-19(18)20/h3-11,14,16H,2,12-13,15H2,1H3/b21-14-. The molecule has 5 nitrogen and oxygen atoms in total. The molecule has 0 aliphatic carbocycles. The van der Waals surface area contributed by atoms with Gasteiger partial charge in [-0.2, -0.15) is 0 Å². The first-order chi connectivity index (χ1) is 15.1. The van der Waals surface area contributed by atoms with E-state index in [1.54, 1.807) is 6.92 Å². The molecule has 3 aromatic rings. The average molecular weight is 451 g/mol. The third-order valence-electron chi connectivity index (χ3n) is 5.02. The van der Waals surface area contributed by atoms with Crippen molar-refractivity contribution in [2.75, 3.05) is 13.2 Å². The lowest BCUT2D eigenvalue weighted by atomic mass is 10.1. The Kier molecular flexibility index (Phi) is 6.53. The number of thioether (sulfide) groups is 1. The van der Waals surface area contributed by atoms with Gasteiger partial charge in [-0.25, -0.2) is 0 Å². The van der Waals surface area contributed by atoms with Gasteiger partial charge < -0.3 is 9.30 Å². The predicted octanol–water partition coefficient (Wildman–Crippen LogP) is 4.84. The van der Waals surface area contributed by atoms with Crippen molar-refractivity contribution in [2.45, 2.75) is 19.9 Å². The number of ether oxygens (including phenoxy) is 1. The Morgan fingerprint density at radius 3 is 2.65 bits per heavy atom. The molecule has 0 atom stereocenters. The smallest absolute Gasteiger partial charge is 0.307 e. The Labute approximate surface area is 190 Å². The Morgan fingerprint density at radius 2 is 1.87 bits per heavy atom. The van der Waals surface area contributed by atoms with E-state index in [9.17, 15) is 9.59 Å². The number of amides is 1. The van der Waals surface area contributed by atoms with E-state index in [-0.39, 0.29) is 24.8 Å². The van der Waals surface area contributed by atoms with Crippen molar-refractivity contribution < 1.29 is 14.3 Å². The summed E-state index contributed by atoms with van der Waals surface area (Å²) in [4.78, 5) is 26.6. The van der Waals surface area contributed by atoms with Crippen LogP contribution in [0.3, 0.4) is 0 Å². The molecule has 4 rings (SSSR count). The molecule has 7 heteroatoms. The van der Waals surface area contributed by atoms with E-state index in [2.05, 4.69) is 35.0 Å². The van der Waals surface area contributed by atoms with Crippen LogP contribution in [0.1, 0.15) is 24.5 Å². The van der Waals surface area contributed by atoms with Crippen LogP contribution in [0.2, 0.25) is 0 Å². The van der Waals surface area contributed by atoms with Crippen LogP contribution in [-0.2, 0) is 20.9 Å². The Bertz CT molecular complexity index is 1170. The number of benzene rings is 2. The summed E-state index contributed by atoms with van der Waals surface area (Å²) in [7, 11) is 0. The predicted molar refractivity (Wildman–Crippen MR) is 129 cm³/mol. The molecule has 1 aliphatic rings. The van der Waals surface area contributed by atoms with Crippen molar-refractivity contribution in [2.24, 2.45) is 0 Å². The van der Waals surface area contributed by atoms with E-state index in [4.69, 9.17) is 17.0 Å². The zero-order chi connectivity index (χ0) is 21.8. The number of nitrogens with zero attached hydrogens (tertiary/aromatic N) is 2. The molecule has 158 valence electrons. The molecule has 1 amide bonds. The number of aromatic nitrogens is 1. The van der Waals surface area contributed by atoms with Crippen molar-refractivity contribution in [3.63, 3.8) is 0 Å². The van der Waals surface area contributed by atoms with Crippen LogP contribution in [0.15, 0.2) is 65.7 Å². The first-order valence-corrected chi connectivity index (χ1v) is 11.3. The van der Waals surface area contributed by atoms with E-state index in [0.29, 0.717) is 15.8 Å². The molecule has 0 N–H and O–H groups in total. The maximum absolute atomic E-state index is 12.9. The Hall–Kier alpha value is -2.90. The van der Waals surface area contributed by atoms with Gasteiger partial charge in [-0.15, -0.1) is 0 Å². The number of hydrogen-bond acceptors (Lipinski definition) is 5. The topological polar surface area (TPSA) is 51.5 Å². The minimum Gasteiger partial charge on any atom is -0.466 e. The summed E-state index contributed by atoms with van der Waals surface area (Å²) in [5.41, 5.74) is 3.29. The zero-order valence-electron chi connectivity index (χ0n) is 17.1. The highest BCUT2D eigenvalue weighted by atomic mass is 32.2. The van der Waals surface area contributed by atoms with Gasteiger partial charge >= 0.3 is 5.97 Å². The minimum absolute atomic E-state index is 0.129. The quantitative estimate of drug-likeness (QED) is 0.293. The minimum atomic E-state index is -0.329. The summed E-state index contributed by atoms with van der Waals surface area (Å²) in [6, 6.07) is 18.4. The van der Waals surface area contributed by atoms with Crippen LogP contribution >= 0.6 is 24.0 Å². The molecular formula is C24H22N2O3S2. The fourth-order valence-corrected chi connectivity index (χ4v) is 4.87. The second kappa shape index (κ2) is 9.49. The number of esters is 1. The van der Waals surface area contributed by atoms with Crippen LogP contribution in [-0.4, -0.2) is 38.8 Å². The lowest BCUT2D eigenvalue weighted by Crippen LogP contribution is -2.30. The second-order valence-corrected chi connectivity index (χ2v) is 8.78. The van der Waals surface area contributed by atoms with E-state index in [1.807, 2.05) is 36.4 Å². The van der Waals surface area contributed by atoms with Gasteiger partial charge in [-0.1, -0.05) is 72.5 Å². The molecule has 0 bridgehead atoms. The summed E-state index contributed by atoms with van der Waals surface area (Å²) in [6.45, 7) is 3.06. The van der Waals surface area contributed by atoms with Crippen LogP contribution in [0.5, 0.6) is 0 Å². The summed E-state index contributed by atoms with van der Waals surface area (Å²) < 4.78 is 7.61. The number of thiocarbonyl (C=S) groups is 1. The molecule has 31 heavy (non-hydrogen) atoms. The summed E-state index contributed by atoms with van der Waals surface area (Å²) in [6.07, 6.45) is 4.10. The van der Waals surface area contributed by atoms with Crippen LogP contribution < -0.4 is 0 Å². The largest absolute Gasteiger partial charge is 0.466 e. The number of fused-ring (bicyclic) bond motifs is 1. The summed E-state index contributed by atoms with van der Waals surface area (Å²) in [5.74, 6) is -0.497. The first-order valence-electron chi connectivity index (χ1n) is 10.1. The first kappa shape index (κ1) is 21.3. The van der Waals surface area contributed by atoms with E-state index in [0.717, 1.165) is 23.0 Å². The highest BCUT2D eigenvalue weighted by molar-refractivity contribution is 8.26. The number of rotatable bonds is 7. The van der Waals surface area contributed by atoms with Crippen LogP contribution in [0.25, 0.3) is 17.0 Å². The lowest BCUT2D eigenvalue weighted by Gasteiger charge is -2.13. The van der Waals surface area contributed by atoms with Gasteiger partial charge in [0.15, 0.2) is 0 Å². The van der Waals surface area contributed by atoms with Crippen LogP contribution in [0, 0.1) is 0 Å². The molecule has 1 saturated heterocycles. The van der Waals surface area contributed by atoms with Crippen molar-refractivity contribution in [1.82, 2.24) is 9.47 Å². The molecule has 1 aliphatic heterocycles. The highest BCUT2D eigenvalue weighted by Gasteiger charge is 2.32. The second-order valence-electron chi connectivity index (χ2n) is 7.10. The number of para-hydroxylation sites is 1. The van der Waals surface area contributed by atoms with Crippen molar-refractivity contribution in [3.05, 3.63) is 76.8 Å². The Morgan fingerprint density at radius 1 is 1.13 bits per heavy atom. The molecule has 0 saturated carbocycles. The van der Waals surface area contributed by atoms with Gasteiger partial charge in [-0.05, 0) is 24.6 Å². The summed E-state index contributed by atoms with van der Waals surface area (Å²) in [5, 5.41) is 1.08. The van der Waals surface area contributed by atoms with Crippen molar-refractivity contribution in [1.29, 1.82) is 0 Å². The molecule has 0 spiro atoms. The van der Waals surface area contributed by atoms with E-state index in [1.165, 1.54) is 22.2 Å². The number of carbonyl (C=O) groups excluding carboxylic acids is 2. The number of carbonyl (C=O) groups is 2. The van der Waals surface area contributed by atoms with Gasteiger partial charge in [-0.3, -0.25) is 14.5 Å². The highest BCUT2D eigenvalue weighted by Crippen LogP contribution is 2.34. The van der Waals surface area contributed by atoms with Gasteiger partial charge in [0, 0.05) is 35.8 Å². The van der Waals surface area contributed by atoms with Crippen molar-refractivity contribution in [3.8, 4) is 0 Å². The summed E-state index contributed by atoms with van der Waals surface area (Å²) >= 11 is 6.66. The zero-order valence-corrected chi connectivity index (χ0v) is 18.7. The SMILES string of the molecule is CCOC(=O)CCN1C(=O)/C(=C/c2cn(Cc3ccccc3)c3ccccc23)SC1=S. The normalized spacial score (nSPS) is 15.3. The Balaban J connectivity index is 1.60. The van der Waals surface area contributed by atoms with E-state index < -0.39 is 0 Å². The van der Waals surface area contributed by atoms with Crippen LogP contribution in [0.4, 0.5) is 0 Å². The van der Waals surface area contributed by atoms with Gasteiger partial charge in [0.1, 0.15) is 4.32 Å². The van der Waals surface area contributed by atoms with Gasteiger partial charge in [0.2, 0.25) is 0 Å². The lowest BCUT2D eigenvalue weighted by molar-refractivity contribution is -0.143. The van der Waals surface area contributed by atoms with Gasteiger partial charge in [0.25, 0.3) is 5.91 Å². The molecule has 2 aromatic carbocycles. The fraction of sp³-hybridized carbons (Fsp3) is 0.208. The molecule has 0 radical (unpaired) electrons. The van der Waals surface area contributed by atoms with E-state index >= 15 is 0 Å². The molecular weight excluding hydrogens is 428 g/mol. The average Bonchev–Trinajstić information content (AvgIpc) is 3.24. The number of hydrogen-bond donors (Lipinski definition) is 0. The molecule has 1 aromatic heterocycles. The third-order valence-corrected chi connectivity index (χ3v) is 6.40.